The second-order valence-corrected chi connectivity index (χ2v) is 7.04. The molecule has 1 aliphatic rings. The molecule has 0 saturated carbocycles. The number of carbonyl (C=O) groups is 1. The van der Waals surface area contributed by atoms with Crippen LogP contribution in [0.3, 0.4) is 0 Å². The lowest BCUT2D eigenvalue weighted by atomic mass is 10.1. The third-order valence-electron chi connectivity index (χ3n) is 4.64. The molecule has 4 rings (SSSR count). The van der Waals surface area contributed by atoms with Crippen molar-refractivity contribution in [3.05, 3.63) is 64.8 Å². The zero-order valence-corrected chi connectivity index (χ0v) is 13.8. The number of nitrogens with zero attached hydrogens (tertiary/aromatic N) is 2. The third kappa shape index (κ3) is 2.43. The number of likely N-dealkylation sites (tertiary alicyclic amines) is 1. The molecular formula is C19H18N2OS. The van der Waals surface area contributed by atoms with Crippen molar-refractivity contribution >= 4 is 27.3 Å². The lowest BCUT2D eigenvalue weighted by Gasteiger charge is -2.24. The second-order valence-electron chi connectivity index (χ2n) is 5.99. The Morgan fingerprint density at radius 3 is 2.78 bits per heavy atom. The maximum absolute atomic E-state index is 13.1. The molecule has 1 fully saturated rings. The zero-order chi connectivity index (χ0) is 15.8. The Morgan fingerprint density at radius 2 is 2.00 bits per heavy atom. The highest BCUT2D eigenvalue weighted by Crippen LogP contribution is 2.37. The van der Waals surface area contributed by atoms with Gasteiger partial charge in [0.15, 0.2) is 0 Å². The molecule has 0 spiro atoms. The van der Waals surface area contributed by atoms with Crippen LogP contribution in [0, 0.1) is 6.92 Å². The molecule has 3 nitrogen and oxygen atoms in total. The summed E-state index contributed by atoms with van der Waals surface area (Å²) in [6.45, 7) is 2.89. The first-order valence-corrected chi connectivity index (χ1v) is 8.76. The lowest BCUT2D eigenvalue weighted by Crippen LogP contribution is -2.30. The van der Waals surface area contributed by atoms with Crippen LogP contribution in [0.1, 0.15) is 39.7 Å². The molecule has 1 unspecified atom stereocenters. The van der Waals surface area contributed by atoms with E-state index in [9.17, 15) is 4.79 Å². The Labute approximate surface area is 139 Å². The monoisotopic (exact) mass is 322 g/mol. The van der Waals surface area contributed by atoms with Crippen molar-refractivity contribution in [3.63, 3.8) is 0 Å². The van der Waals surface area contributed by atoms with Gasteiger partial charge in [-0.25, -0.2) is 0 Å². The zero-order valence-electron chi connectivity index (χ0n) is 13.0. The molecule has 116 valence electrons. The van der Waals surface area contributed by atoms with Crippen LogP contribution >= 0.6 is 11.3 Å². The highest BCUT2D eigenvalue weighted by atomic mass is 32.1. The van der Waals surface area contributed by atoms with Crippen molar-refractivity contribution in [1.29, 1.82) is 0 Å². The Balaban J connectivity index is 1.71. The SMILES string of the molecule is Cc1c(C(=O)N2CCCC2c2ccncc2)sc2ccccc12. The fraction of sp³-hybridized carbons (Fsp3) is 0.263. The molecule has 1 aromatic carbocycles. The number of hydrogen-bond acceptors (Lipinski definition) is 3. The number of carbonyl (C=O) groups excluding carboxylic acids is 1. The van der Waals surface area contributed by atoms with Crippen molar-refractivity contribution in [3.8, 4) is 0 Å². The minimum Gasteiger partial charge on any atom is -0.331 e. The highest BCUT2D eigenvalue weighted by molar-refractivity contribution is 7.21. The first-order chi connectivity index (χ1) is 11.3. The van der Waals surface area contributed by atoms with Gasteiger partial charge in [0.25, 0.3) is 5.91 Å². The van der Waals surface area contributed by atoms with Crippen molar-refractivity contribution in [2.75, 3.05) is 6.54 Å². The van der Waals surface area contributed by atoms with Crippen molar-refractivity contribution in [1.82, 2.24) is 9.88 Å². The van der Waals surface area contributed by atoms with E-state index < -0.39 is 0 Å². The number of benzene rings is 1. The number of rotatable bonds is 2. The van der Waals surface area contributed by atoms with Gasteiger partial charge >= 0.3 is 0 Å². The van der Waals surface area contributed by atoms with Crippen LogP contribution in [0.15, 0.2) is 48.8 Å². The molecule has 3 heterocycles. The van der Waals surface area contributed by atoms with E-state index in [1.807, 2.05) is 29.2 Å². The molecule has 0 N–H and O–H groups in total. The summed E-state index contributed by atoms with van der Waals surface area (Å²) in [6, 6.07) is 12.5. The van der Waals surface area contributed by atoms with Crippen LogP contribution in [0.2, 0.25) is 0 Å². The van der Waals surface area contributed by atoms with Crippen molar-refractivity contribution in [2.24, 2.45) is 0 Å². The van der Waals surface area contributed by atoms with E-state index in [1.165, 1.54) is 15.6 Å². The molecule has 1 amide bonds. The number of thiophene rings is 1. The van der Waals surface area contributed by atoms with Gasteiger partial charge in [0.1, 0.15) is 0 Å². The minimum atomic E-state index is 0.169. The fourth-order valence-corrected chi connectivity index (χ4v) is 4.62. The van der Waals surface area contributed by atoms with E-state index in [-0.39, 0.29) is 11.9 Å². The molecule has 3 aromatic rings. The average Bonchev–Trinajstić information content (AvgIpc) is 3.21. The first kappa shape index (κ1) is 14.4. The summed E-state index contributed by atoms with van der Waals surface area (Å²) in [5.41, 5.74) is 2.29. The molecular weight excluding hydrogens is 304 g/mol. The molecule has 0 bridgehead atoms. The lowest BCUT2D eigenvalue weighted by molar-refractivity contribution is 0.0740. The van der Waals surface area contributed by atoms with Gasteiger partial charge in [-0.2, -0.15) is 0 Å². The minimum absolute atomic E-state index is 0.169. The van der Waals surface area contributed by atoms with E-state index in [0.717, 1.165) is 29.8 Å². The number of hydrogen-bond donors (Lipinski definition) is 0. The number of aromatic nitrogens is 1. The van der Waals surface area contributed by atoms with E-state index in [4.69, 9.17) is 0 Å². The first-order valence-electron chi connectivity index (χ1n) is 7.95. The Hall–Kier alpha value is -2.20. The van der Waals surface area contributed by atoms with Gasteiger partial charge in [-0.3, -0.25) is 9.78 Å². The molecule has 4 heteroatoms. The molecule has 1 atom stereocenters. The van der Waals surface area contributed by atoms with Crippen molar-refractivity contribution in [2.45, 2.75) is 25.8 Å². The predicted molar refractivity (Wildman–Crippen MR) is 93.8 cm³/mol. The van der Waals surface area contributed by atoms with Gasteiger partial charge in [0, 0.05) is 23.6 Å². The Kier molecular flexibility index (Phi) is 3.62. The van der Waals surface area contributed by atoms with Gasteiger partial charge in [-0.15, -0.1) is 11.3 Å². The quantitative estimate of drug-likeness (QED) is 0.692. The Bertz CT molecular complexity index is 856. The van der Waals surface area contributed by atoms with Crippen LogP contribution in [0.5, 0.6) is 0 Å². The maximum atomic E-state index is 13.1. The van der Waals surface area contributed by atoms with E-state index in [1.54, 1.807) is 23.7 Å². The summed E-state index contributed by atoms with van der Waals surface area (Å²) < 4.78 is 1.19. The molecule has 1 saturated heterocycles. The standard InChI is InChI=1S/C19H18N2OS/c1-13-15-5-2-3-7-17(15)23-18(13)19(22)21-12-4-6-16(21)14-8-10-20-11-9-14/h2-3,5,7-11,16H,4,6,12H2,1H3. The second kappa shape index (κ2) is 5.78. The predicted octanol–water partition coefficient (Wildman–Crippen LogP) is 4.58. The van der Waals surface area contributed by atoms with E-state index in [0.29, 0.717) is 0 Å². The van der Waals surface area contributed by atoms with Crippen LogP contribution < -0.4 is 0 Å². The summed E-state index contributed by atoms with van der Waals surface area (Å²) >= 11 is 1.61. The summed E-state index contributed by atoms with van der Waals surface area (Å²) in [6.07, 6.45) is 5.70. The molecule has 2 aromatic heterocycles. The fourth-order valence-electron chi connectivity index (χ4n) is 3.45. The summed E-state index contributed by atoms with van der Waals surface area (Å²) in [7, 11) is 0. The van der Waals surface area contributed by atoms with Gasteiger partial charge in [0.05, 0.1) is 10.9 Å². The third-order valence-corrected chi connectivity index (χ3v) is 5.90. The summed E-state index contributed by atoms with van der Waals surface area (Å²) in [5, 5.41) is 1.19. The van der Waals surface area contributed by atoms with E-state index in [2.05, 4.69) is 24.0 Å². The molecule has 1 aliphatic heterocycles. The number of fused-ring (bicyclic) bond motifs is 1. The van der Waals surface area contributed by atoms with Crippen LogP contribution in [0.4, 0.5) is 0 Å². The van der Waals surface area contributed by atoms with Crippen LogP contribution in [-0.4, -0.2) is 22.3 Å². The van der Waals surface area contributed by atoms with Crippen molar-refractivity contribution < 1.29 is 4.79 Å². The average molecular weight is 322 g/mol. The smallest absolute Gasteiger partial charge is 0.264 e. The molecule has 0 radical (unpaired) electrons. The molecule has 0 aliphatic carbocycles. The van der Waals surface area contributed by atoms with Crippen LogP contribution in [-0.2, 0) is 0 Å². The van der Waals surface area contributed by atoms with E-state index >= 15 is 0 Å². The van der Waals surface area contributed by atoms with Gasteiger partial charge in [0.2, 0.25) is 0 Å². The summed E-state index contributed by atoms with van der Waals surface area (Å²) in [4.78, 5) is 20.1. The van der Waals surface area contributed by atoms with Crippen LogP contribution in [0.25, 0.3) is 10.1 Å². The van der Waals surface area contributed by atoms with Gasteiger partial charge < -0.3 is 4.90 Å². The maximum Gasteiger partial charge on any atom is 0.264 e. The largest absolute Gasteiger partial charge is 0.331 e. The topological polar surface area (TPSA) is 33.2 Å². The number of amides is 1. The highest BCUT2D eigenvalue weighted by Gasteiger charge is 2.32. The normalized spacial score (nSPS) is 17.8. The molecule has 23 heavy (non-hydrogen) atoms. The summed E-state index contributed by atoms with van der Waals surface area (Å²) in [5.74, 6) is 0.169. The number of aryl methyl sites for hydroxylation is 1. The number of pyridine rings is 1. The van der Waals surface area contributed by atoms with Gasteiger partial charge in [-0.05, 0) is 54.5 Å². The van der Waals surface area contributed by atoms with Gasteiger partial charge in [-0.1, -0.05) is 18.2 Å². The Morgan fingerprint density at radius 1 is 1.22 bits per heavy atom.